The lowest BCUT2D eigenvalue weighted by Crippen LogP contribution is -2.39. The minimum atomic E-state index is -0.351. The molecule has 3 heterocycles. The van der Waals surface area contributed by atoms with Crippen molar-refractivity contribution >= 4 is 17.3 Å². The van der Waals surface area contributed by atoms with Crippen LogP contribution in [0.1, 0.15) is 49.4 Å². The van der Waals surface area contributed by atoms with E-state index < -0.39 is 0 Å². The van der Waals surface area contributed by atoms with E-state index in [4.69, 9.17) is 0 Å². The van der Waals surface area contributed by atoms with Gasteiger partial charge >= 0.3 is 0 Å². The molecule has 3 fully saturated rings. The molecule has 0 radical (unpaired) electrons. The molecule has 1 N–H and O–H groups in total. The van der Waals surface area contributed by atoms with E-state index >= 15 is 0 Å². The molecule has 0 aromatic heterocycles. The minimum Gasteiger partial charge on any atom is -0.366 e. The van der Waals surface area contributed by atoms with E-state index in [9.17, 15) is 14.9 Å². The monoisotopic (exact) mass is 372 g/mol. The van der Waals surface area contributed by atoms with Crippen molar-refractivity contribution < 1.29 is 9.72 Å². The van der Waals surface area contributed by atoms with Gasteiger partial charge in [-0.2, -0.15) is 0 Å². The van der Waals surface area contributed by atoms with E-state index in [2.05, 4.69) is 17.1 Å². The zero-order valence-corrected chi connectivity index (χ0v) is 15.9. The van der Waals surface area contributed by atoms with Crippen LogP contribution in [0.15, 0.2) is 18.2 Å². The lowest BCUT2D eigenvalue weighted by Gasteiger charge is -2.32. The Labute approximate surface area is 159 Å². The first kappa shape index (κ1) is 18.2. The first-order chi connectivity index (χ1) is 13.0. The van der Waals surface area contributed by atoms with Crippen LogP contribution in [0.25, 0.3) is 0 Å². The number of likely N-dealkylation sites (tertiary alicyclic amines) is 1. The van der Waals surface area contributed by atoms with Gasteiger partial charge in [0.15, 0.2) is 0 Å². The Balaban J connectivity index is 1.55. The molecule has 1 aromatic carbocycles. The van der Waals surface area contributed by atoms with Gasteiger partial charge < -0.3 is 15.1 Å². The van der Waals surface area contributed by atoms with Gasteiger partial charge in [0, 0.05) is 49.9 Å². The molecule has 7 nitrogen and oxygen atoms in total. The number of nitrogens with one attached hydrogen (secondary N) is 1. The number of anilines is 1. The number of rotatable bonds is 3. The molecule has 2 bridgehead atoms. The summed E-state index contributed by atoms with van der Waals surface area (Å²) in [5.74, 6) is 0.569. The van der Waals surface area contributed by atoms with E-state index in [1.165, 1.54) is 12.5 Å². The van der Waals surface area contributed by atoms with Gasteiger partial charge in [-0.1, -0.05) is 6.92 Å². The van der Waals surface area contributed by atoms with Crippen molar-refractivity contribution in [2.24, 2.45) is 5.92 Å². The van der Waals surface area contributed by atoms with E-state index in [1.54, 1.807) is 12.1 Å². The summed E-state index contributed by atoms with van der Waals surface area (Å²) in [5, 5.41) is 15.2. The van der Waals surface area contributed by atoms with Crippen molar-refractivity contribution in [3.8, 4) is 0 Å². The van der Waals surface area contributed by atoms with Crippen LogP contribution >= 0.6 is 0 Å². The second-order valence-electron chi connectivity index (χ2n) is 8.31. The summed E-state index contributed by atoms with van der Waals surface area (Å²) >= 11 is 0. The summed E-state index contributed by atoms with van der Waals surface area (Å²) in [4.78, 5) is 28.3. The highest BCUT2D eigenvalue weighted by atomic mass is 16.6. The minimum absolute atomic E-state index is 0.0462. The van der Waals surface area contributed by atoms with Gasteiger partial charge in [0.2, 0.25) is 0 Å². The molecule has 27 heavy (non-hydrogen) atoms. The van der Waals surface area contributed by atoms with Gasteiger partial charge in [-0.05, 0) is 50.2 Å². The lowest BCUT2D eigenvalue weighted by molar-refractivity contribution is -0.384. The average molecular weight is 372 g/mol. The van der Waals surface area contributed by atoms with E-state index in [0.717, 1.165) is 38.8 Å². The van der Waals surface area contributed by atoms with Gasteiger partial charge in [0.25, 0.3) is 11.6 Å². The highest BCUT2D eigenvalue weighted by Crippen LogP contribution is 2.33. The highest BCUT2D eigenvalue weighted by molar-refractivity contribution is 5.96. The molecule has 2 unspecified atom stereocenters. The summed E-state index contributed by atoms with van der Waals surface area (Å²) in [7, 11) is 0. The molecule has 0 spiro atoms. The van der Waals surface area contributed by atoms with Crippen LogP contribution in [-0.4, -0.2) is 54.0 Å². The lowest BCUT2D eigenvalue weighted by atomic mass is 9.98. The molecular weight excluding hydrogens is 344 g/mol. The number of hydrogen-bond acceptors (Lipinski definition) is 5. The van der Waals surface area contributed by atoms with Gasteiger partial charge in [0.05, 0.1) is 4.92 Å². The number of amides is 1. The normalized spacial score (nSPS) is 26.1. The Morgan fingerprint density at radius 2 is 1.85 bits per heavy atom. The number of piperidine rings is 1. The summed E-state index contributed by atoms with van der Waals surface area (Å²) in [6, 6.07) is 5.87. The van der Waals surface area contributed by atoms with Crippen LogP contribution in [-0.2, 0) is 0 Å². The number of benzene rings is 1. The molecule has 146 valence electrons. The third kappa shape index (κ3) is 3.78. The van der Waals surface area contributed by atoms with Crippen molar-refractivity contribution in [3.05, 3.63) is 33.9 Å². The number of carbonyl (C=O) groups excluding carboxylic acids is 1. The number of nitrogens with zero attached hydrogens (tertiary/aromatic N) is 3. The van der Waals surface area contributed by atoms with Crippen LogP contribution in [0.5, 0.6) is 0 Å². The van der Waals surface area contributed by atoms with Crippen LogP contribution in [0.2, 0.25) is 0 Å². The van der Waals surface area contributed by atoms with Gasteiger partial charge in [0.1, 0.15) is 5.69 Å². The maximum absolute atomic E-state index is 13.0. The SMILES string of the molecule is CC1CCN(c2ccc(C(=O)N3CCC4CCC(C3)N4)cc2[N+](=O)[O-])CC1. The predicted octanol–water partition coefficient (Wildman–Crippen LogP) is 2.80. The molecule has 7 heteroatoms. The summed E-state index contributed by atoms with van der Waals surface area (Å²) in [5.41, 5.74) is 1.11. The Bertz CT molecular complexity index is 730. The smallest absolute Gasteiger partial charge is 0.293 e. The molecule has 3 saturated heterocycles. The van der Waals surface area contributed by atoms with Crippen molar-refractivity contribution in [1.82, 2.24) is 10.2 Å². The van der Waals surface area contributed by atoms with Gasteiger partial charge in [-0.3, -0.25) is 14.9 Å². The molecule has 0 aliphatic carbocycles. The topological polar surface area (TPSA) is 78.7 Å². The maximum Gasteiger partial charge on any atom is 0.293 e. The second kappa shape index (κ2) is 7.46. The van der Waals surface area contributed by atoms with Gasteiger partial charge in [-0.25, -0.2) is 0 Å². The second-order valence-corrected chi connectivity index (χ2v) is 8.31. The van der Waals surface area contributed by atoms with Crippen molar-refractivity contribution in [1.29, 1.82) is 0 Å². The fourth-order valence-electron chi connectivity index (χ4n) is 4.63. The fourth-order valence-corrected chi connectivity index (χ4v) is 4.63. The largest absolute Gasteiger partial charge is 0.366 e. The van der Waals surface area contributed by atoms with Crippen molar-refractivity contribution in [2.45, 2.75) is 51.1 Å². The summed E-state index contributed by atoms with van der Waals surface area (Å²) in [6.07, 6.45) is 5.32. The predicted molar refractivity (Wildman–Crippen MR) is 104 cm³/mol. The Morgan fingerprint density at radius 1 is 1.11 bits per heavy atom. The van der Waals surface area contributed by atoms with Crippen molar-refractivity contribution in [3.63, 3.8) is 0 Å². The Morgan fingerprint density at radius 3 is 2.59 bits per heavy atom. The fraction of sp³-hybridized carbons (Fsp3) is 0.650. The number of carbonyl (C=O) groups is 1. The molecule has 1 amide bonds. The zero-order chi connectivity index (χ0) is 19.0. The zero-order valence-electron chi connectivity index (χ0n) is 15.9. The quantitative estimate of drug-likeness (QED) is 0.652. The van der Waals surface area contributed by atoms with Crippen LogP contribution < -0.4 is 10.2 Å². The molecule has 1 aromatic rings. The third-order valence-electron chi connectivity index (χ3n) is 6.35. The van der Waals surface area contributed by atoms with E-state index in [0.29, 0.717) is 42.3 Å². The first-order valence-corrected chi connectivity index (χ1v) is 10.1. The van der Waals surface area contributed by atoms with Crippen LogP contribution in [0.3, 0.4) is 0 Å². The number of hydrogen-bond donors (Lipinski definition) is 1. The molecule has 3 aliphatic heterocycles. The molecule has 3 aliphatic rings. The Hall–Kier alpha value is -2.15. The molecular formula is C20H28N4O3. The number of fused-ring (bicyclic) bond motifs is 2. The third-order valence-corrected chi connectivity index (χ3v) is 6.35. The van der Waals surface area contributed by atoms with Crippen LogP contribution in [0, 0.1) is 16.0 Å². The maximum atomic E-state index is 13.0. The number of nitro groups is 1. The molecule has 2 atom stereocenters. The highest BCUT2D eigenvalue weighted by Gasteiger charge is 2.32. The molecule has 0 saturated carbocycles. The van der Waals surface area contributed by atoms with Crippen molar-refractivity contribution in [2.75, 3.05) is 31.1 Å². The average Bonchev–Trinajstić information content (AvgIpc) is 3.00. The number of nitro benzene ring substituents is 1. The standard InChI is InChI=1S/C20H28N4O3/c1-14-6-9-22(10-7-14)18-5-2-15(12-19(18)24(26)27)20(25)23-11-8-16-3-4-17(13-23)21-16/h2,5,12,14,16-17,21H,3-4,6-11,13H2,1H3. The molecule has 4 rings (SSSR count). The Kier molecular flexibility index (Phi) is 5.04. The first-order valence-electron chi connectivity index (χ1n) is 10.1. The van der Waals surface area contributed by atoms with E-state index in [-0.39, 0.29) is 16.5 Å². The van der Waals surface area contributed by atoms with Crippen LogP contribution in [0.4, 0.5) is 11.4 Å². The summed E-state index contributed by atoms with van der Waals surface area (Å²) in [6.45, 7) is 5.28. The van der Waals surface area contributed by atoms with E-state index in [1.807, 2.05) is 4.90 Å². The van der Waals surface area contributed by atoms with Gasteiger partial charge in [-0.15, -0.1) is 0 Å². The summed E-state index contributed by atoms with van der Waals surface area (Å²) < 4.78 is 0.